The van der Waals surface area contributed by atoms with Crippen LogP contribution in [0.3, 0.4) is 0 Å². The molecular weight excluding hydrogens is 341 g/mol. The number of morpholine rings is 1. The van der Waals surface area contributed by atoms with E-state index >= 15 is 0 Å². The fraction of sp³-hybridized carbons (Fsp3) is 0.611. The van der Waals surface area contributed by atoms with Crippen LogP contribution in [0.15, 0.2) is 24.3 Å². The van der Waals surface area contributed by atoms with Gasteiger partial charge in [0, 0.05) is 44.5 Å². The summed E-state index contributed by atoms with van der Waals surface area (Å²) in [6, 6.07) is 6.17. The first-order chi connectivity index (χ1) is 12.1. The summed E-state index contributed by atoms with van der Waals surface area (Å²) >= 11 is 1.96. The summed E-state index contributed by atoms with van der Waals surface area (Å²) in [5.41, 5.74) is 0.958. The van der Waals surface area contributed by atoms with Gasteiger partial charge in [-0.15, -0.1) is 0 Å². The maximum Gasteiger partial charge on any atom is 0.317 e. The van der Waals surface area contributed by atoms with Gasteiger partial charge in [0.15, 0.2) is 0 Å². The number of thioether (sulfide) groups is 1. The third kappa shape index (κ3) is 4.65. The maximum atomic E-state index is 13.0. The van der Waals surface area contributed by atoms with E-state index in [2.05, 4.69) is 10.2 Å². The average molecular weight is 367 g/mol. The van der Waals surface area contributed by atoms with Crippen molar-refractivity contribution in [2.45, 2.75) is 18.5 Å². The first kappa shape index (κ1) is 18.5. The fourth-order valence-electron chi connectivity index (χ4n) is 3.45. The lowest BCUT2D eigenvalue weighted by Crippen LogP contribution is -2.59. The van der Waals surface area contributed by atoms with Crippen LogP contribution in [0, 0.1) is 5.82 Å². The zero-order chi connectivity index (χ0) is 17.7. The Morgan fingerprint density at radius 3 is 2.72 bits per heavy atom. The third-order valence-electron chi connectivity index (χ3n) is 5.01. The van der Waals surface area contributed by atoms with Crippen molar-refractivity contribution in [3.05, 3.63) is 35.6 Å². The number of carbonyl (C=O) groups excluding carboxylic acids is 1. The quantitative estimate of drug-likeness (QED) is 0.866. The molecule has 0 unspecified atom stereocenters. The lowest BCUT2D eigenvalue weighted by molar-refractivity contribution is -0.0127. The van der Waals surface area contributed by atoms with E-state index < -0.39 is 0 Å². The summed E-state index contributed by atoms with van der Waals surface area (Å²) in [4.78, 5) is 16.6. The predicted molar refractivity (Wildman–Crippen MR) is 98.3 cm³/mol. The van der Waals surface area contributed by atoms with E-state index in [0.29, 0.717) is 13.1 Å². The Bertz CT molecular complexity index is 572. The van der Waals surface area contributed by atoms with E-state index in [-0.39, 0.29) is 17.4 Å². The van der Waals surface area contributed by atoms with Gasteiger partial charge in [0.25, 0.3) is 0 Å². The second-order valence-electron chi connectivity index (χ2n) is 6.77. The molecule has 138 valence electrons. The second-order valence-corrected chi connectivity index (χ2v) is 7.87. The Morgan fingerprint density at radius 2 is 2.08 bits per heavy atom. The topological polar surface area (TPSA) is 44.8 Å². The molecule has 2 fully saturated rings. The summed E-state index contributed by atoms with van der Waals surface area (Å²) in [7, 11) is 1.77. The molecule has 0 aliphatic carbocycles. The van der Waals surface area contributed by atoms with Crippen molar-refractivity contribution in [3.8, 4) is 0 Å². The minimum atomic E-state index is -0.262. The summed E-state index contributed by atoms with van der Waals surface area (Å²) in [6.07, 6.45) is 1.10. The number of amides is 2. The molecule has 3 rings (SSSR count). The largest absolute Gasteiger partial charge is 0.379 e. The van der Waals surface area contributed by atoms with Gasteiger partial charge < -0.3 is 15.0 Å². The van der Waals surface area contributed by atoms with Gasteiger partial charge in [0.1, 0.15) is 5.82 Å². The Morgan fingerprint density at radius 1 is 1.36 bits per heavy atom. The molecule has 2 saturated heterocycles. The maximum absolute atomic E-state index is 13.0. The van der Waals surface area contributed by atoms with Crippen molar-refractivity contribution in [2.75, 3.05) is 51.4 Å². The molecule has 0 radical (unpaired) electrons. The van der Waals surface area contributed by atoms with Gasteiger partial charge in [-0.05, 0) is 29.9 Å². The summed E-state index contributed by atoms with van der Waals surface area (Å²) in [5, 5.41) is 3.11. The van der Waals surface area contributed by atoms with Crippen LogP contribution in [0.1, 0.15) is 12.0 Å². The van der Waals surface area contributed by atoms with Gasteiger partial charge in [0.2, 0.25) is 0 Å². The van der Waals surface area contributed by atoms with Gasteiger partial charge in [-0.2, -0.15) is 11.8 Å². The van der Waals surface area contributed by atoms with E-state index in [4.69, 9.17) is 4.74 Å². The molecule has 1 atom stereocenters. The number of ether oxygens (including phenoxy) is 1. The van der Waals surface area contributed by atoms with Crippen molar-refractivity contribution in [1.29, 1.82) is 0 Å². The molecule has 0 saturated carbocycles. The number of nitrogens with one attached hydrogen (secondary N) is 1. The SMILES string of the molecule is CN(Cc1ccc(F)cc1)C(=O)NC[C@@]1(N2CCOCC2)CCSC1. The van der Waals surface area contributed by atoms with Gasteiger partial charge in [-0.3, -0.25) is 4.90 Å². The van der Waals surface area contributed by atoms with Crippen molar-refractivity contribution < 1.29 is 13.9 Å². The Balaban J connectivity index is 1.54. The van der Waals surface area contributed by atoms with Crippen molar-refractivity contribution in [3.63, 3.8) is 0 Å². The summed E-state index contributed by atoms with van der Waals surface area (Å²) < 4.78 is 18.5. The number of hydrogen-bond acceptors (Lipinski definition) is 4. The predicted octanol–water partition coefficient (Wildman–Crippen LogP) is 2.17. The van der Waals surface area contributed by atoms with Crippen LogP contribution in [0.25, 0.3) is 0 Å². The van der Waals surface area contributed by atoms with Crippen LogP contribution in [0.4, 0.5) is 9.18 Å². The Kier molecular flexibility index (Phi) is 6.19. The number of rotatable bonds is 5. The normalized spacial score (nSPS) is 24.2. The highest BCUT2D eigenvalue weighted by molar-refractivity contribution is 7.99. The smallest absolute Gasteiger partial charge is 0.317 e. The molecule has 25 heavy (non-hydrogen) atoms. The second kappa shape index (κ2) is 8.38. The van der Waals surface area contributed by atoms with E-state index in [1.165, 1.54) is 12.1 Å². The molecule has 0 spiro atoms. The third-order valence-corrected chi connectivity index (χ3v) is 6.25. The van der Waals surface area contributed by atoms with Crippen LogP contribution in [-0.4, -0.2) is 72.8 Å². The van der Waals surface area contributed by atoms with Gasteiger partial charge in [-0.25, -0.2) is 9.18 Å². The van der Waals surface area contributed by atoms with Crippen LogP contribution in [0.5, 0.6) is 0 Å². The van der Waals surface area contributed by atoms with E-state index in [1.54, 1.807) is 24.1 Å². The highest BCUT2D eigenvalue weighted by atomic mass is 32.2. The van der Waals surface area contributed by atoms with Crippen LogP contribution in [0.2, 0.25) is 0 Å². The number of carbonyl (C=O) groups is 1. The first-order valence-corrected chi connectivity index (χ1v) is 9.88. The molecule has 2 heterocycles. The number of nitrogens with zero attached hydrogens (tertiary/aromatic N) is 2. The average Bonchev–Trinajstić information content (AvgIpc) is 3.12. The van der Waals surface area contributed by atoms with Crippen molar-refractivity contribution in [2.24, 2.45) is 0 Å². The Labute approximate surface area is 152 Å². The monoisotopic (exact) mass is 367 g/mol. The number of hydrogen-bond donors (Lipinski definition) is 1. The fourth-order valence-corrected chi connectivity index (χ4v) is 4.92. The molecule has 2 aliphatic rings. The zero-order valence-electron chi connectivity index (χ0n) is 14.7. The van der Waals surface area contributed by atoms with Crippen LogP contribution >= 0.6 is 11.8 Å². The standard InChI is InChI=1S/C18H26FN3O2S/c1-21(12-15-2-4-16(19)5-3-15)17(23)20-13-18(6-11-25-14-18)22-7-9-24-10-8-22/h2-5H,6-14H2,1H3,(H,20,23)/t18-/m0/s1. The number of urea groups is 1. The highest BCUT2D eigenvalue weighted by Gasteiger charge is 2.41. The molecule has 7 heteroatoms. The first-order valence-electron chi connectivity index (χ1n) is 8.73. The molecular formula is C18H26FN3O2S. The molecule has 2 amide bonds. The van der Waals surface area contributed by atoms with E-state index in [9.17, 15) is 9.18 Å². The zero-order valence-corrected chi connectivity index (χ0v) is 15.5. The lowest BCUT2D eigenvalue weighted by atomic mass is 9.95. The van der Waals surface area contributed by atoms with Crippen molar-refractivity contribution >= 4 is 17.8 Å². The molecule has 0 bridgehead atoms. The summed E-state index contributed by atoms with van der Waals surface area (Å²) in [6.45, 7) is 4.53. The Hall–Kier alpha value is -1.31. The van der Waals surface area contributed by atoms with Gasteiger partial charge in [0.05, 0.1) is 13.2 Å². The molecule has 0 aromatic heterocycles. The van der Waals surface area contributed by atoms with Gasteiger partial charge in [-0.1, -0.05) is 12.1 Å². The number of halogens is 1. The van der Waals surface area contributed by atoms with Crippen molar-refractivity contribution in [1.82, 2.24) is 15.1 Å². The van der Waals surface area contributed by atoms with Gasteiger partial charge >= 0.3 is 6.03 Å². The van der Waals surface area contributed by atoms with E-state index in [1.807, 2.05) is 11.8 Å². The van der Waals surface area contributed by atoms with Crippen LogP contribution in [-0.2, 0) is 11.3 Å². The number of benzene rings is 1. The minimum absolute atomic E-state index is 0.0425. The summed E-state index contributed by atoms with van der Waals surface area (Å²) in [5.74, 6) is 1.93. The molecule has 1 aromatic rings. The lowest BCUT2D eigenvalue weighted by Gasteiger charge is -2.43. The molecule has 1 aromatic carbocycles. The van der Waals surface area contributed by atoms with Crippen LogP contribution < -0.4 is 5.32 Å². The molecule has 5 nitrogen and oxygen atoms in total. The molecule has 1 N–H and O–H groups in total. The molecule has 2 aliphatic heterocycles. The minimum Gasteiger partial charge on any atom is -0.379 e. The van der Waals surface area contributed by atoms with E-state index in [0.717, 1.165) is 49.8 Å². The highest BCUT2D eigenvalue weighted by Crippen LogP contribution is 2.33.